The predicted octanol–water partition coefficient (Wildman–Crippen LogP) is 4.80. The standard InChI is InChI=1S/C37H34N2O10/c1-39(2)29-24-15-21-14-22-25(46-3)16-23(36(43)44)31(47-17-19-10-6-4-7-11-19)27(22)30(40)26(21)33(41)37(24,45)34(42)28-32(29)49-38-35(28)48-18-20-12-8-5-9-13-20/h4-13,16,21,24,29,40,45H,14-15,17-18H2,1-3H3,(H,43,44)/t21-,24-,29-,37-/m0/s1. The summed E-state index contributed by atoms with van der Waals surface area (Å²) in [5.74, 6) is -5.42. The Kier molecular flexibility index (Phi) is 8.00. The molecule has 7 rings (SSSR count). The quantitative estimate of drug-likeness (QED) is 0.209. The number of benzene rings is 3. The van der Waals surface area contributed by atoms with Gasteiger partial charge in [0.1, 0.15) is 41.6 Å². The maximum atomic E-state index is 14.6. The number of ketones is 2. The van der Waals surface area contributed by atoms with Crippen molar-refractivity contribution in [1.29, 1.82) is 0 Å². The van der Waals surface area contributed by atoms with E-state index in [0.29, 0.717) is 5.56 Å². The van der Waals surface area contributed by atoms with Gasteiger partial charge in [-0.25, -0.2) is 4.79 Å². The third kappa shape index (κ3) is 5.06. The number of nitrogens with zero attached hydrogens (tertiary/aromatic N) is 2. The molecule has 0 saturated heterocycles. The molecule has 4 atom stereocenters. The van der Waals surface area contributed by atoms with Crippen LogP contribution >= 0.6 is 0 Å². The molecule has 12 heteroatoms. The minimum Gasteiger partial charge on any atom is -0.507 e. The minimum absolute atomic E-state index is 0.0284. The van der Waals surface area contributed by atoms with E-state index in [4.69, 9.17) is 18.7 Å². The number of methoxy groups -OCH3 is 1. The molecule has 3 aliphatic carbocycles. The minimum atomic E-state index is -2.62. The maximum absolute atomic E-state index is 14.6. The van der Waals surface area contributed by atoms with Crippen molar-refractivity contribution in [2.24, 2.45) is 11.8 Å². The summed E-state index contributed by atoms with van der Waals surface area (Å²) in [5.41, 5.74) is -1.26. The number of hydrogen-bond donors (Lipinski definition) is 3. The van der Waals surface area contributed by atoms with E-state index in [1.807, 2.05) is 48.5 Å². The van der Waals surface area contributed by atoms with Crippen molar-refractivity contribution in [2.45, 2.75) is 37.7 Å². The van der Waals surface area contributed by atoms with Crippen molar-refractivity contribution in [3.05, 3.63) is 111 Å². The average molecular weight is 667 g/mol. The van der Waals surface area contributed by atoms with Gasteiger partial charge in [0.05, 0.1) is 18.7 Å². The zero-order chi connectivity index (χ0) is 34.6. The van der Waals surface area contributed by atoms with Crippen molar-refractivity contribution < 1.29 is 48.4 Å². The zero-order valence-corrected chi connectivity index (χ0v) is 27.0. The number of carbonyl (C=O) groups excluding carboxylic acids is 2. The molecule has 0 aliphatic heterocycles. The first-order valence-corrected chi connectivity index (χ1v) is 15.8. The highest BCUT2D eigenvalue weighted by Crippen LogP contribution is 2.57. The summed E-state index contributed by atoms with van der Waals surface area (Å²) in [6.07, 6.45) is 0.237. The van der Waals surface area contributed by atoms with Crippen LogP contribution in [0.5, 0.6) is 17.4 Å². The van der Waals surface area contributed by atoms with E-state index < -0.39 is 46.8 Å². The summed E-state index contributed by atoms with van der Waals surface area (Å²) in [4.78, 5) is 43.2. The van der Waals surface area contributed by atoms with Gasteiger partial charge < -0.3 is 34.1 Å². The zero-order valence-electron chi connectivity index (χ0n) is 27.0. The van der Waals surface area contributed by atoms with Crippen LogP contribution in [-0.4, -0.2) is 69.7 Å². The second kappa shape index (κ2) is 12.2. The molecule has 49 heavy (non-hydrogen) atoms. The Morgan fingerprint density at radius 3 is 2.20 bits per heavy atom. The summed E-state index contributed by atoms with van der Waals surface area (Å²) >= 11 is 0. The fraction of sp³-hybridized carbons (Fsp3) is 0.297. The first-order valence-electron chi connectivity index (χ1n) is 15.8. The number of aromatic nitrogens is 1. The number of ether oxygens (including phenoxy) is 3. The number of fused-ring (bicyclic) bond motifs is 4. The average Bonchev–Trinajstić information content (AvgIpc) is 3.51. The van der Waals surface area contributed by atoms with E-state index in [1.165, 1.54) is 13.2 Å². The largest absolute Gasteiger partial charge is 0.507 e. The van der Waals surface area contributed by atoms with Crippen molar-refractivity contribution in [3.8, 4) is 17.4 Å². The van der Waals surface area contributed by atoms with Crippen molar-refractivity contribution in [3.63, 3.8) is 0 Å². The molecular formula is C37H34N2O10. The van der Waals surface area contributed by atoms with Crippen LogP contribution in [0.1, 0.15) is 61.2 Å². The summed E-state index contributed by atoms with van der Waals surface area (Å²) < 4.78 is 23.3. The van der Waals surface area contributed by atoms with Gasteiger partial charge in [-0.05, 0) is 55.2 Å². The molecule has 0 amide bonds. The van der Waals surface area contributed by atoms with Crippen LogP contribution in [-0.2, 0) is 24.4 Å². The van der Waals surface area contributed by atoms with Gasteiger partial charge in [-0.2, -0.15) is 0 Å². The van der Waals surface area contributed by atoms with Crippen molar-refractivity contribution >= 4 is 23.3 Å². The topological polar surface area (TPSA) is 169 Å². The van der Waals surface area contributed by atoms with E-state index in [1.54, 1.807) is 31.1 Å². The molecule has 1 fully saturated rings. The Morgan fingerprint density at radius 2 is 1.61 bits per heavy atom. The number of carbonyl (C=O) groups is 3. The number of aliphatic hydroxyl groups is 2. The smallest absolute Gasteiger partial charge is 0.339 e. The lowest BCUT2D eigenvalue weighted by Gasteiger charge is -2.49. The molecule has 3 aromatic carbocycles. The SMILES string of the molecule is COc1cc(C(=O)O)c(OCc2ccccc2)c2c1C[C@H]1C[C@H]3[C@H](N(C)C)c4onc(OCc5ccccc5)c4C(=O)[C@@]3(O)C(=O)C1=C2O. The molecule has 0 radical (unpaired) electrons. The molecular weight excluding hydrogens is 632 g/mol. The molecule has 1 aromatic heterocycles. The number of aliphatic hydroxyl groups excluding tert-OH is 1. The lowest BCUT2D eigenvalue weighted by molar-refractivity contribution is -0.142. The van der Waals surface area contributed by atoms with Crippen LogP contribution in [0, 0.1) is 11.8 Å². The highest BCUT2D eigenvalue weighted by Gasteiger charge is 2.65. The lowest BCUT2D eigenvalue weighted by atomic mass is 9.57. The summed E-state index contributed by atoms with van der Waals surface area (Å²) in [6, 6.07) is 18.8. The predicted molar refractivity (Wildman–Crippen MR) is 174 cm³/mol. The van der Waals surface area contributed by atoms with Gasteiger partial charge in [-0.1, -0.05) is 60.7 Å². The number of rotatable bonds is 9. The first kappa shape index (κ1) is 32.1. The summed E-state index contributed by atoms with van der Waals surface area (Å²) in [6.45, 7) is 0.0245. The molecule has 0 bridgehead atoms. The van der Waals surface area contributed by atoms with E-state index in [2.05, 4.69) is 5.16 Å². The van der Waals surface area contributed by atoms with Crippen LogP contribution in [0.15, 0.2) is 76.8 Å². The lowest BCUT2D eigenvalue weighted by Crippen LogP contribution is -2.63. The fourth-order valence-corrected chi connectivity index (χ4v) is 7.49. The number of hydrogen-bond acceptors (Lipinski definition) is 11. The normalized spacial score (nSPS) is 22.6. The number of Topliss-reactive ketones (excluding diaryl/α,β-unsaturated/α-hetero) is 2. The van der Waals surface area contributed by atoms with Gasteiger partial charge in [0.25, 0.3) is 5.88 Å². The molecule has 4 aromatic rings. The molecule has 0 spiro atoms. The summed E-state index contributed by atoms with van der Waals surface area (Å²) in [5, 5.41) is 38.5. The first-order chi connectivity index (χ1) is 23.6. The number of aromatic carboxylic acids is 1. The van der Waals surface area contributed by atoms with E-state index in [9.17, 15) is 29.7 Å². The Hall–Kier alpha value is -5.46. The Labute approximate surface area is 281 Å². The van der Waals surface area contributed by atoms with Crippen LogP contribution in [0.2, 0.25) is 0 Å². The highest BCUT2D eigenvalue weighted by atomic mass is 16.5. The van der Waals surface area contributed by atoms with Crippen molar-refractivity contribution in [2.75, 3.05) is 21.2 Å². The number of carboxylic acids is 1. The molecule has 1 heterocycles. The van der Waals surface area contributed by atoms with Gasteiger partial charge in [-0.3, -0.25) is 14.5 Å². The second-order valence-corrected chi connectivity index (χ2v) is 12.7. The van der Waals surface area contributed by atoms with Gasteiger partial charge in [0.15, 0.2) is 11.4 Å². The van der Waals surface area contributed by atoms with Crippen LogP contribution in [0.4, 0.5) is 0 Å². The maximum Gasteiger partial charge on any atom is 0.339 e. The van der Waals surface area contributed by atoms with E-state index in [-0.39, 0.29) is 71.5 Å². The second-order valence-electron chi connectivity index (χ2n) is 12.7. The van der Waals surface area contributed by atoms with Gasteiger partial charge in [-0.15, -0.1) is 0 Å². The van der Waals surface area contributed by atoms with E-state index in [0.717, 1.165) is 11.1 Å². The van der Waals surface area contributed by atoms with Gasteiger partial charge >= 0.3 is 5.97 Å². The van der Waals surface area contributed by atoms with E-state index >= 15 is 0 Å². The Bertz CT molecular complexity index is 2000. The van der Waals surface area contributed by atoms with Gasteiger partial charge in [0.2, 0.25) is 11.6 Å². The molecule has 12 nitrogen and oxygen atoms in total. The van der Waals surface area contributed by atoms with Crippen LogP contribution in [0.3, 0.4) is 0 Å². The Morgan fingerprint density at radius 1 is 0.980 bits per heavy atom. The van der Waals surface area contributed by atoms with Gasteiger partial charge in [0, 0.05) is 17.1 Å². The number of carboxylic acid groups (broad SMARTS) is 1. The molecule has 252 valence electrons. The monoisotopic (exact) mass is 666 g/mol. The molecule has 3 aliphatic rings. The molecule has 0 unspecified atom stereocenters. The van der Waals surface area contributed by atoms with Crippen LogP contribution in [0.25, 0.3) is 5.76 Å². The van der Waals surface area contributed by atoms with Crippen LogP contribution < -0.4 is 14.2 Å². The third-order valence-corrected chi connectivity index (χ3v) is 9.72. The molecule has 1 saturated carbocycles. The third-order valence-electron chi connectivity index (χ3n) is 9.72. The fourth-order valence-electron chi connectivity index (χ4n) is 7.49. The Balaban J connectivity index is 1.34. The summed E-state index contributed by atoms with van der Waals surface area (Å²) in [7, 11) is 4.87. The highest BCUT2D eigenvalue weighted by molar-refractivity contribution is 6.26. The molecule has 3 N–H and O–H groups in total. The van der Waals surface area contributed by atoms with Crippen molar-refractivity contribution in [1.82, 2.24) is 10.1 Å².